The van der Waals surface area contributed by atoms with Gasteiger partial charge in [0, 0.05) is 36.8 Å². The van der Waals surface area contributed by atoms with Crippen molar-refractivity contribution in [3.05, 3.63) is 83.7 Å². The zero-order valence-corrected chi connectivity index (χ0v) is 19.8. The number of piperidine rings is 1. The van der Waals surface area contributed by atoms with Gasteiger partial charge < -0.3 is 10.0 Å². The van der Waals surface area contributed by atoms with E-state index in [9.17, 15) is 14.3 Å². The molecule has 5 rings (SSSR count). The summed E-state index contributed by atoms with van der Waals surface area (Å²) in [6.45, 7) is 5.92. The van der Waals surface area contributed by atoms with Crippen molar-refractivity contribution in [2.75, 3.05) is 11.4 Å². The van der Waals surface area contributed by atoms with Gasteiger partial charge >= 0.3 is 0 Å². The Morgan fingerprint density at radius 3 is 2.62 bits per heavy atom. The molecule has 0 bridgehead atoms. The lowest BCUT2D eigenvalue weighted by Gasteiger charge is -2.48. The van der Waals surface area contributed by atoms with Crippen LogP contribution in [0, 0.1) is 12.7 Å². The number of nitrogens with zero attached hydrogens (tertiary/aromatic N) is 2. The van der Waals surface area contributed by atoms with Gasteiger partial charge in [0.05, 0.1) is 5.54 Å². The fraction of sp³-hybridized carbons (Fsp3) is 0.345. The van der Waals surface area contributed by atoms with E-state index in [1.165, 1.54) is 12.1 Å². The quantitative estimate of drug-likeness (QED) is 0.517. The first kappa shape index (κ1) is 22.6. The minimum absolute atomic E-state index is 0.0904. The van der Waals surface area contributed by atoms with Gasteiger partial charge in [0.2, 0.25) is 5.91 Å². The first-order valence-electron chi connectivity index (χ1n) is 12.1. The molecule has 2 atom stereocenters. The number of hydrogen-bond donors (Lipinski definition) is 1. The Morgan fingerprint density at radius 1 is 1.03 bits per heavy atom. The molecule has 0 aromatic heterocycles. The highest BCUT2D eigenvalue weighted by atomic mass is 19.1. The van der Waals surface area contributed by atoms with E-state index in [2.05, 4.69) is 30.9 Å². The molecule has 3 aromatic rings. The zero-order valence-electron chi connectivity index (χ0n) is 19.8. The molecule has 176 valence electrons. The predicted molar refractivity (Wildman–Crippen MR) is 133 cm³/mol. The van der Waals surface area contributed by atoms with Crippen LogP contribution in [0.4, 0.5) is 10.1 Å². The Kier molecular flexibility index (Phi) is 5.90. The first-order chi connectivity index (χ1) is 16.4. The van der Waals surface area contributed by atoms with Crippen LogP contribution in [0.15, 0.2) is 66.7 Å². The number of aromatic hydroxyl groups is 1. The van der Waals surface area contributed by atoms with Gasteiger partial charge in [0.15, 0.2) is 0 Å². The molecule has 5 heteroatoms. The molecule has 2 fully saturated rings. The Morgan fingerprint density at radius 2 is 1.85 bits per heavy atom. The second-order valence-corrected chi connectivity index (χ2v) is 9.87. The van der Waals surface area contributed by atoms with Crippen LogP contribution in [0.25, 0.3) is 11.1 Å². The van der Waals surface area contributed by atoms with Gasteiger partial charge in [0.1, 0.15) is 11.6 Å². The minimum atomic E-state index is -0.311. The van der Waals surface area contributed by atoms with Crippen LogP contribution >= 0.6 is 0 Å². The SMILES string of the molecule is Cc1ccccc1-c1cc(CN2CC[C@]3(CCC(=O)N3c3cccc(F)c3)C[C@@H]2C)ccc1O. The molecular formula is C29H31FN2O2. The van der Waals surface area contributed by atoms with Crippen LogP contribution in [-0.4, -0.2) is 34.0 Å². The molecule has 0 unspecified atom stereocenters. The number of carbonyl (C=O) groups excluding carboxylic acids is 1. The normalized spacial score (nSPS) is 23.1. The summed E-state index contributed by atoms with van der Waals surface area (Å²) in [4.78, 5) is 17.2. The van der Waals surface area contributed by atoms with Crippen molar-refractivity contribution < 1.29 is 14.3 Å². The van der Waals surface area contributed by atoms with E-state index in [-0.39, 0.29) is 23.3 Å². The van der Waals surface area contributed by atoms with Crippen molar-refractivity contribution in [2.45, 2.75) is 57.7 Å². The van der Waals surface area contributed by atoms with Gasteiger partial charge in [0.25, 0.3) is 0 Å². The number of halogens is 1. The van der Waals surface area contributed by atoms with Gasteiger partial charge in [-0.05, 0) is 80.1 Å². The van der Waals surface area contributed by atoms with Crippen molar-refractivity contribution in [3.8, 4) is 16.9 Å². The molecule has 3 aromatic carbocycles. The Bertz CT molecular complexity index is 1230. The summed E-state index contributed by atoms with van der Waals surface area (Å²) in [6, 6.07) is 20.7. The summed E-state index contributed by atoms with van der Waals surface area (Å²) < 4.78 is 13.9. The maximum absolute atomic E-state index is 13.9. The highest BCUT2D eigenvalue weighted by molar-refractivity contribution is 5.97. The first-order valence-corrected chi connectivity index (χ1v) is 12.1. The summed E-state index contributed by atoms with van der Waals surface area (Å²) in [6.07, 6.45) is 3.05. The van der Waals surface area contributed by atoms with E-state index < -0.39 is 0 Å². The molecule has 1 N–H and O–H groups in total. The smallest absolute Gasteiger partial charge is 0.227 e. The van der Waals surface area contributed by atoms with Crippen LogP contribution in [-0.2, 0) is 11.3 Å². The number of amides is 1. The molecule has 0 aliphatic carbocycles. The number of hydrogen-bond acceptors (Lipinski definition) is 3. The topological polar surface area (TPSA) is 43.8 Å². The molecule has 0 saturated carbocycles. The highest BCUT2D eigenvalue weighted by Crippen LogP contribution is 2.44. The summed E-state index contributed by atoms with van der Waals surface area (Å²) in [5.41, 5.74) is 4.61. The number of phenolic OH excluding ortho intramolecular Hbond substituents is 1. The van der Waals surface area contributed by atoms with E-state index in [1.54, 1.807) is 12.1 Å². The molecule has 0 radical (unpaired) electrons. The molecule has 2 heterocycles. The minimum Gasteiger partial charge on any atom is -0.507 e. The van der Waals surface area contributed by atoms with E-state index >= 15 is 0 Å². The van der Waals surface area contributed by atoms with Gasteiger partial charge in [-0.1, -0.05) is 36.4 Å². The molecule has 1 amide bonds. The maximum Gasteiger partial charge on any atom is 0.227 e. The molecule has 4 nitrogen and oxygen atoms in total. The monoisotopic (exact) mass is 458 g/mol. The van der Waals surface area contributed by atoms with E-state index in [0.717, 1.165) is 54.6 Å². The van der Waals surface area contributed by atoms with E-state index in [4.69, 9.17) is 0 Å². The lowest BCUT2D eigenvalue weighted by molar-refractivity contribution is -0.117. The molecule has 2 saturated heterocycles. The standard InChI is InChI=1S/C29H31FN2O2/c1-20-6-3-4-9-25(20)26-16-22(10-11-27(26)33)19-31-15-14-29(18-21(31)2)13-12-28(34)32(29)24-8-5-7-23(30)17-24/h3-11,16-17,21,33H,12-15,18-19H2,1-2H3/t21-,29+/m0/s1. The largest absolute Gasteiger partial charge is 0.507 e. The number of anilines is 1. The van der Waals surface area contributed by atoms with Crippen LogP contribution in [0.1, 0.15) is 43.7 Å². The molecule has 2 aliphatic rings. The average molecular weight is 459 g/mol. The third-order valence-corrected chi connectivity index (χ3v) is 7.64. The van der Waals surface area contributed by atoms with Crippen LogP contribution in [0.2, 0.25) is 0 Å². The van der Waals surface area contributed by atoms with Gasteiger partial charge in [-0.15, -0.1) is 0 Å². The molecule has 34 heavy (non-hydrogen) atoms. The lowest BCUT2D eigenvalue weighted by atomic mass is 9.81. The second-order valence-electron chi connectivity index (χ2n) is 9.87. The van der Waals surface area contributed by atoms with E-state index in [0.29, 0.717) is 17.9 Å². The number of carbonyl (C=O) groups is 1. The van der Waals surface area contributed by atoms with E-state index in [1.807, 2.05) is 35.2 Å². The Balaban J connectivity index is 1.36. The van der Waals surface area contributed by atoms with Gasteiger partial charge in [-0.25, -0.2) is 4.39 Å². The van der Waals surface area contributed by atoms with Crippen molar-refractivity contribution in [3.63, 3.8) is 0 Å². The third kappa shape index (κ3) is 4.09. The van der Waals surface area contributed by atoms with Gasteiger partial charge in [-0.2, -0.15) is 0 Å². The van der Waals surface area contributed by atoms with Crippen molar-refractivity contribution in [2.24, 2.45) is 0 Å². The molecule has 2 aliphatic heterocycles. The summed E-state index contributed by atoms with van der Waals surface area (Å²) in [5, 5.41) is 10.5. The molecule has 1 spiro atoms. The number of rotatable bonds is 4. The Labute approximate surface area is 200 Å². The number of benzene rings is 3. The second kappa shape index (κ2) is 8.88. The fourth-order valence-corrected chi connectivity index (χ4v) is 5.89. The maximum atomic E-state index is 13.9. The van der Waals surface area contributed by atoms with Crippen LogP contribution in [0.5, 0.6) is 5.75 Å². The highest BCUT2D eigenvalue weighted by Gasteiger charge is 2.49. The van der Waals surface area contributed by atoms with Crippen molar-refractivity contribution in [1.82, 2.24) is 4.90 Å². The van der Waals surface area contributed by atoms with Crippen LogP contribution < -0.4 is 4.90 Å². The Hall–Kier alpha value is -3.18. The number of aryl methyl sites for hydroxylation is 1. The lowest BCUT2D eigenvalue weighted by Crippen LogP contribution is -2.56. The molecular weight excluding hydrogens is 427 g/mol. The summed E-state index contributed by atoms with van der Waals surface area (Å²) in [5.74, 6) is 0.0705. The summed E-state index contributed by atoms with van der Waals surface area (Å²) >= 11 is 0. The van der Waals surface area contributed by atoms with Crippen molar-refractivity contribution >= 4 is 11.6 Å². The van der Waals surface area contributed by atoms with Crippen molar-refractivity contribution in [1.29, 1.82) is 0 Å². The summed E-state index contributed by atoms with van der Waals surface area (Å²) in [7, 11) is 0. The average Bonchev–Trinajstić information content (AvgIpc) is 3.12. The van der Waals surface area contributed by atoms with Gasteiger partial charge in [-0.3, -0.25) is 9.69 Å². The number of likely N-dealkylation sites (tertiary alicyclic amines) is 1. The predicted octanol–water partition coefficient (Wildman–Crippen LogP) is 6.06. The van der Waals surface area contributed by atoms with Crippen LogP contribution in [0.3, 0.4) is 0 Å². The fourth-order valence-electron chi connectivity index (χ4n) is 5.89. The number of phenols is 1. The third-order valence-electron chi connectivity index (χ3n) is 7.64. The zero-order chi connectivity index (χ0) is 23.9.